The molecule has 1 amide bonds. The SMILES string of the molecule is Cc1ccc(NC(=O)c2c(C)oc3ncnc(NC4CCCC4C)c23)cc1F. The van der Waals surface area contributed by atoms with Crippen LogP contribution in [0.3, 0.4) is 0 Å². The number of nitrogens with zero attached hydrogens (tertiary/aromatic N) is 2. The van der Waals surface area contributed by atoms with Crippen molar-refractivity contribution in [2.24, 2.45) is 5.92 Å². The number of anilines is 2. The molecule has 0 bridgehead atoms. The van der Waals surface area contributed by atoms with Crippen molar-refractivity contribution in [2.75, 3.05) is 10.6 Å². The van der Waals surface area contributed by atoms with Crippen LogP contribution >= 0.6 is 0 Å². The summed E-state index contributed by atoms with van der Waals surface area (Å²) in [6.07, 6.45) is 4.84. The molecule has 7 heteroatoms. The molecule has 2 atom stereocenters. The average Bonchev–Trinajstić information content (AvgIpc) is 3.21. The van der Waals surface area contributed by atoms with Gasteiger partial charge < -0.3 is 15.1 Å². The van der Waals surface area contributed by atoms with Gasteiger partial charge in [0.2, 0.25) is 5.71 Å². The summed E-state index contributed by atoms with van der Waals surface area (Å²) in [6.45, 7) is 5.60. The molecule has 1 aliphatic rings. The number of aryl methyl sites for hydroxylation is 2. The van der Waals surface area contributed by atoms with Gasteiger partial charge in [-0.3, -0.25) is 4.79 Å². The van der Waals surface area contributed by atoms with Gasteiger partial charge >= 0.3 is 0 Å². The first-order valence-electron chi connectivity index (χ1n) is 9.52. The Bertz CT molecular complexity index is 1050. The molecule has 146 valence electrons. The van der Waals surface area contributed by atoms with Crippen molar-refractivity contribution in [3.05, 3.63) is 47.2 Å². The molecule has 0 radical (unpaired) electrons. The lowest BCUT2D eigenvalue weighted by molar-refractivity contribution is 0.102. The number of rotatable bonds is 4. The quantitative estimate of drug-likeness (QED) is 0.675. The number of nitrogens with one attached hydrogen (secondary N) is 2. The average molecular weight is 382 g/mol. The highest BCUT2D eigenvalue weighted by Gasteiger charge is 2.27. The number of halogens is 1. The zero-order valence-corrected chi connectivity index (χ0v) is 16.2. The maximum Gasteiger partial charge on any atom is 0.260 e. The number of furan rings is 1. The minimum absolute atomic E-state index is 0.301. The largest absolute Gasteiger partial charge is 0.442 e. The van der Waals surface area contributed by atoms with Gasteiger partial charge in [-0.2, -0.15) is 0 Å². The van der Waals surface area contributed by atoms with Gasteiger partial charge in [-0.1, -0.05) is 19.4 Å². The Morgan fingerprint density at radius 3 is 2.79 bits per heavy atom. The van der Waals surface area contributed by atoms with Crippen LogP contribution in [0.5, 0.6) is 0 Å². The lowest BCUT2D eigenvalue weighted by atomic mass is 10.1. The second kappa shape index (κ2) is 7.22. The van der Waals surface area contributed by atoms with Gasteiger partial charge in [-0.05, 0) is 50.3 Å². The van der Waals surface area contributed by atoms with Crippen LogP contribution in [0.2, 0.25) is 0 Å². The molecule has 0 aliphatic heterocycles. The number of carbonyl (C=O) groups excluding carboxylic acids is 1. The Hall–Kier alpha value is -2.96. The van der Waals surface area contributed by atoms with Crippen LogP contribution in [-0.2, 0) is 0 Å². The number of aromatic nitrogens is 2. The molecule has 28 heavy (non-hydrogen) atoms. The Balaban J connectivity index is 1.70. The number of hydrogen-bond acceptors (Lipinski definition) is 5. The van der Waals surface area contributed by atoms with E-state index in [0.717, 1.165) is 6.42 Å². The van der Waals surface area contributed by atoms with E-state index < -0.39 is 0 Å². The van der Waals surface area contributed by atoms with Gasteiger partial charge in [0.1, 0.15) is 23.7 Å². The minimum atomic E-state index is -0.378. The number of carbonyl (C=O) groups is 1. The molecule has 2 aromatic heterocycles. The fourth-order valence-corrected chi connectivity index (χ4v) is 3.83. The summed E-state index contributed by atoms with van der Waals surface area (Å²) in [4.78, 5) is 21.5. The molecular formula is C21H23FN4O2. The van der Waals surface area contributed by atoms with Crippen LogP contribution in [0.25, 0.3) is 11.1 Å². The van der Waals surface area contributed by atoms with E-state index in [1.54, 1.807) is 26.0 Å². The molecule has 1 saturated carbocycles. The van der Waals surface area contributed by atoms with Crippen LogP contribution in [0, 0.1) is 25.6 Å². The highest BCUT2D eigenvalue weighted by molar-refractivity contribution is 6.15. The molecule has 0 saturated heterocycles. The highest BCUT2D eigenvalue weighted by atomic mass is 19.1. The topological polar surface area (TPSA) is 80.1 Å². The van der Waals surface area contributed by atoms with E-state index in [2.05, 4.69) is 27.5 Å². The van der Waals surface area contributed by atoms with E-state index in [9.17, 15) is 9.18 Å². The van der Waals surface area contributed by atoms with Crippen molar-refractivity contribution in [3.8, 4) is 0 Å². The van der Waals surface area contributed by atoms with Gasteiger partial charge in [-0.25, -0.2) is 14.4 Å². The summed E-state index contributed by atoms with van der Waals surface area (Å²) in [5.74, 6) is 0.832. The summed E-state index contributed by atoms with van der Waals surface area (Å²) in [5, 5.41) is 6.78. The summed E-state index contributed by atoms with van der Waals surface area (Å²) in [7, 11) is 0. The third-order valence-electron chi connectivity index (χ3n) is 5.50. The second-order valence-corrected chi connectivity index (χ2v) is 7.51. The van der Waals surface area contributed by atoms with E-state index in [-0.39, 0.29) is 11.7 Å². The van der Waals surface area contributed by atoms with Crippen LogP contribution in [0.15, 0.2) is 28.9 Å². The van der Waals surface area contributed by atoms with Crippen LogP contribution in [0.1, 0.15) is 47.9 Å². The first kappa shape index (κ1) is 18.4. The zero-order valence-electron chi connectivity index (χ0n) is 16.2. The van der Waals surface area contributed by atoms with Crippen LogP contribution in [0.4, 0.5) is 15.9 Å². The van der Waals surface area contributed by atoms with Crippen molar-refractivity contribution in [2.45, 2.75) is 46.1 Å². The standard InChI is InChI=1S/C21H23FN4O2/c1-11-7-8-14(9-15(11)22)25-20(27)17-13(3)28-21-18(17)19(23-10-24-21)26-16-6-4-5-12(16)2/h7-10,12,16H,4-6H2,1-3H3,(H,25,27)(H,23,24,26). The monoisotopic (exact) mass is 382 g/mol. The fraction of sp³-hybridized carbons (Fsp3) is 0.381. The van der Waals surface area contributed by atoms with Crippen molar-refractivity contribution >= 4 is 28.5 Å². The number of amides is 1. The number of fused-ring (bicyclic) bond motifs is 1. The number of benzene rings is 1. The fourth-order valence-electron chi connectivity index (χ4n) is 3.83. The molecule has 6 nitrogen and oxygen atoms in total. The van der Waals surface area contributed by atoms with E-state index in [0.29, 0.717) is 51.5 Å². The van der Waals surface area contributed by atoms with E-state index in [4.69, 9.17) is 4.42 Å². The van der Waals surface area contributed by atoms with Crippen molar-refractivity contribution < 1.29 is 13.6 Å². The first-order valence-corrected chi connectivity index (χ1v) is 9.52. The van der Waals surface area contributed by atoms with Crippen molar-refractivity contribution in [1.82, 2.24) is 9.97 Å². The molecule has 2 heterocycles. The Labute approximate surface area is 162 Å². The zero-order chi connectivity index (χ0) is 19.8. The summed E-state index contributed by atoms with van der Waals surface area (Å²) >= 11 is 0. The van der Waals surface area contributed by atoms with Crippen molar-refractivity contribution in [1.29, 1.82) is 0 Å². The second-order valence-electron chi connectivity index (χ2n) is 7.51. The van der Waals surface area contributed by atoms with Gasteiger partial charge in [0.25, 0.3) is 5.91 Å². The molecule has 2 unspecified atom stereocenters. The van der Waals surface area contributed by atoms with Gasteiger partial charge in [0.15, 0.2) is 0 Å². The van der Waals surface area contributed by atoms with Crippen LogP contribution < -0.4 is 10.6 Å². The molecule has 1 aromatic carbocycles. The number of hydrogen-bond donors (Lipinski definition) is 2. The smallest absolute Gasteiger partial charge is 0.260 e. The lowest BCUT2D eigenvalue weighted by Crippen LogP contribution is -2.23. The molecule has 4 rings (SSSR count). The Morgan fingerprint density at radius 2 is 2.07 bits per heavy atom. The van der Waals surface area contributed by atoms with E-state index in [1.807, 2.05) is 0 Å². The van der Waals surface area contributed by atoms with Gasteiger partial charge in [0.05, 0.1) is 10.9 Å². The Morgan fingerprint density at radius 1 is 1.25 bits per heavy atom. The van der Waals surface area contributed by atoms with Gasteiger partial charge in [-0.15, -0.1) is 0 Å². The van der Waals surface area contributed by atoms with E-state index >= 15 is 0 Å². The third-order valence-corrected chi connectivity index (χ3v) is 5.50. The maximum absolute atomic E-state index is 13.8. The summed E-state index contributed by atoms with van der Waals surface area (Å²) < 4.78 is 19.5. The molecule has 1 fully saturated rings. The third kappa shape index (κ3) is 3.32. The van der Waals surface area contributed by atoms with Gasteiger partial charge in [0, 0.05) is 11.7 Å². The predicted octanol–water partition coefficient (Wildman–Crippen LogP) is 4.83. The molecular weight excluding hydrogens is 359 g/mol. The van der Waals surface area contributed by atoms with Crippen LogP contribution in [-0.4, -0.2) is 21.9 Å². The summed E-state index contributed by atoms with van der Waals surface area (Å²) in [5.41, 5.74) is 1.64. The summed E-state index contributed by atoms with van der Waals surface area (Å²) in [6, 6.07) is 4.91. The van der Waals surface area contributed by atoms with Crippen molar-refractivity contribution in [3.63, 3.8) is 0 Å². The normalized spacial score (nSPS) is 19.1. The molecule has 3 aromatic rings. The molecule has 0 spiro atoms. The predicted molar refractivity (Wildman–Crippen MR) is 106 cm³/mol. The maximum atomic E-state index is 13.8. The Kier molecular flexibility index (Phi) is 4.75. The lowest BCUT2D eigenvalue weighted by Gasteiger charge is -2.18. The molecule has 2 N–H and O–H groups in total. The highest BCUT2D eigenvalue weighted by Crippen LogP contribution is 2.33. The van der Waals surface area contributed by atoms with E-state index in [1.165, 1.54) is 25.2 Å². The minimum Gasteiger partial charge on any atom is -0.442 e. The molecule has 1 aliphatic carbocycles. The first-order chi connectivity index (χ1) is 13.4.